The first kappa shape index (κ1) is 22.1. The number of piperazine rings is 2. The highest BCUT2D eigenvalue weighted by Gasteiger charge is 2.44. The van der Waals surface area contributed by atoms with Crippen LogP contribution in [0, 0.1) is 5.92 Å². The third-order valence-corrected chi connectivity index (χ3v) is 8.00. The standard InChI is InChI=1S/C23H38N6O3/c30-21(28-11-9-27(10-12-28)20-3-1-2-8-24-20)7-6-18-14-25-23(32)19-13-17(15-29(18)19)26-22(31)16-4-5-16/h16-20,24H,1-15H2,(H,25,32)(H,26,31). The number of carbonyl (C=O) groups excluding carboxylic acids is 3. The smallest absolute Gasteiger partial charge is 0.237 e. The highest BCUT2D eigenvalue weighted by Crippen LogP contribution is 2.31. The van der Waals surface area contributed by atoms with Crippen LogP contribution in [0.4, 0.5) is 0 Å². The molecule has 0 aromatic heterocycles. The number of fused-ring (bicyclic) bond motifs is 1. The van der Waals surface area contributed by atoms with Gasteiger partial charge in [-0.15, -0.1) is 0 Å². The lowest BCUT2D eigenvalue weighted by atomic mass is 10.0. The Hall–Kier alpha value is -1.71. The van der Waals surface area contributed by atoms with Crippen molar-refractivity contribution in [1.82, 2.24) is 30.7 Å². The third kappa shape index (κ3) is 4.94. The lowest BCUT2D eigenvalue weighted by Crippen LogP contribution is -2.58. The summed E-state index contributed by atoms with van der Waals surface area (Å²) in [6.45, 7) is 5.90. The molecule has 4 atom stereocenters. The Morgan fingerprint density at radius 2 is 1.88 bits per heavy atom. The van der Waals surface area contributed by atoms with E-state index in [1.807, 2.05) is 4.90 Å². The van der Waals surface area contributed by atoms with Crippen molar-refractivity contribution in [2.24, 2.45) is 5.92 Å². The second-order valence-corrected chi connectivity index (χ2v) is 10.2. The molecule has 1 aliphatic carbocycles. The molecule has 9 heteroatoms. The van der Waals surface area contributed by atoms with E-state index in [0.29, 0.717) is 32.1 Å². The maximum Gasteiger partial charge on any atom is 0.237 e. The molecule has 5 aliphatic rings. The summed E-state index contributed by atoms with van der Waals surface area (Å²) < 4.78 is 0. The third-order valence-electron chi connectivity index (χ3n) is 8.00. The van der Waals surface area contributed by atoms with Crippen LogP contribution in [0.2, 0.25) is 0 Å². The first-order valence-corrected chi connectivity index (χ1v) is 12.7. The molecule has 0 radical (unpaired) electrons. The minimum atomic E-state index is -0.181. The molecule has 1 saturated carbocycles. The normalized spacial score (nSPS) is 34.1. The zero-order chi connectivity index (χ0) is 22.1. The van der Waals surface area contributed by atoms with Gasteiger partial charge in [-0.2, -0.15) is 0 Å². The Labute approximate surface area is 190 Å². The number of carbonyl (C=O) groups is 3. The second-order valence-electron chi connectivity index (χ2n) is 10.2. The molecule has 4 saturated heterocycles. The minimum absolute atomic E-state index is 0.0385. The molecule has 4 heterocycles. The monoisotopic (exact) mass is 446 g/mol. The van der Waals surface area contributed by atoms with E-state index in [1.54, 1.807) is 0 Å². The molecule has 178 valence electrons. The second kappa shape index (κ2) is 9.65. The zero-order valence-corrected chi connectivity index (χ0v) is 19.1. The van der Waals surface area contributed by atoms with Gasteiger partial charge in [0, 0.05) is 63.7 Å². The molecule has 3 N–H and O–H groups in total. The van der Waals surface area contributed by atoms with Crippen LogP contribution in [-0.2, 0) is 14.4 Å². The summed E-state index contributed by atoms with van der Waals surface area (Å²) in [7, 11) is 0. The molecular formula is C23H38N6O3. The molecule has 0 spiro atoms. The largest absolute Gasteiger partial charge is 0.353 e. The van der Waals surface area contributed by atoms with Gasteiger partial charge < -0.3 is 20.9 Å². The Morgan fingerprint density at radius 1 is 1.06 bits per heavy atom. The summed E-state index contributed by atoms with van der Waals surface area (Å²) in [5.74, 6) is 0.615. The Morgan fingerprint density at radius 3 is 2.59 bits per heavy atom. The van der Waals surface area contributed by atoms with Crippen LogP contribution in [-0.4, -0.2) is 103 Å². The van der Waals surface area contributed by atoms with Gasteiger partial charge in [0.25, 0.3) is 0 Å². The highest BCUT2D eigenvalue weighted by molar-refractivity contribution is 5.84. The maximum absolute atomic E-state index is 12.9. The molecule has 4 aliphatic heterocycles. The zero-order valence-electron chi connectivity index (χ0n) is 19.1. The molecule has 32 heavy (non-hydrogen) atoms. The lowest BCUT2D eigenvalue weighted by Gasteiger charge is -2.41. The van der Waals surface area contributed by atoms with E-state index in [-0.39, 0.29) is 41.8 Å². The quantitative estimate of drug-likeness (QED) is 0.508. The summed E-state index contributed by atoms with van der Waals surface area (Å²) in [5, 5.41) is 9.77. The van der Waals surface area contributed by atoms with Crippen molar-refractivity contribution >= 4 is 17.7 Å². The van der Waals surface area contributed by atoms with Gasteiger partial charge in [-0.25, -0.2) is 0 Å². The van der Waals surface area contributed by atoms with Crippen LogP contribution in [0.5, 0.6) is 0 Å². The Bertz CT molecular complexity index is 715. The van der Waals surface area contributed by atoms with Crippen LogP contribution in [0.15, 0.2) is 0 Å². The first-order valence-electron chi connectivity index (χ1n) is 12.7. The van der Waals surface area contributed by atoms with E-state index in [2.05, 4.69) is 25.8 Å². The number of rotatable bonds is 6. The summed E-state index contributed by atoms with van der Waals surface area (Å²) in [6, 6.07) is 0.0220. The lowest BCUT2D eigenvalue weighted by molar-refractivity contribution is -0.134. The van der Waals surface area contributed by atoms with Crippen LogP contribution in [0.1, 0.15) is 51.4 Å². The van der Waals surface area contributed by atoms with Gasteiger partial charge in [-0.05, 0) is 51.5 Å². The van der Waals surface area contributed by atoms with Gasteiger partial charge in [-0.3, -0.25) is 24.2 Å². The highest BCUT2D eigenvalue weighted by atomic mass is 16.2. The molecule has 9 nitrogen and oxygen atoms in total. The fourth-order valence-corrected chi connectivity index (χ4v) is 5.89. The molecule has 4 unspecified atom stereocenters. The van der Waals surface area contributed by atoms with E-state index in [9.17, 15) is 14.4 Å². The van der Waals surface area contributed by atoms with E-state index in [1.165, 1.54) is 19.3 Å². The van der Waals surface area contributed by atoms with Crippen molar-refractivity contribution in [3.8, 4) is 0 Å². The van der Waals surface area contributed by atoms with E-state index in [0.717, 1.165) is 52.0 Å². The predicted octanol–water partition coefficient (Wildman–Crippen LogP) is -0.522. The van der Waals surface area contributed by atoms with Gasteiger partial charge in [0.15, 0.2) is 0 Å². The number of hydrogen-bond acceptors (Lipinski definition) is 6. The molecular weight excluding hydrogens is 408 g/mol. The number of amides is 3. The van der Waals surface area contributed by atoms with Crippen molar-refractivity contribution < 1.29 is 14.4 Å². The van der Waals surface area contributed by atoms with Crippen molar-refractivity contribution in [2.45, 2.75) is 75.7 Å². The molecule has 0 aromatic rings. The van der Waals surface area contributed by atoms with Gasteiger partial charge in [-0.1, -0.05) is 0 Å². The van der Waals surface area contributed by atoms with E-state index < -0.39 is 0 Å². The maximum atomic E-state index is 12.9. The van der Waals surface area contributed by atoms with E-state index in [4.69, 9.17) is 0 Å². The fraction of sp³-hybridized carbons (Fsp3) is 0.870. The van der Waals surface area contributed by atoms with Crippen LogP contribution in [0.3, 0.4) is 0 Å². The van der Waals surface area contributed by atoms with Crippen LogP contribution < -0.4 is 16.0 Å². The van der Waals surface area contributed by atoms with Gasteiger partial charge in [0.2, 0.25) is 17.7 Å². The van der Waals surface area contributed by atoms with Crippen LogP contribution >= 0.6 is 0 Å². The first-order chi connectivity index (χ1) is 15.6. The van der Waals surface area contributed by atoms with Crippen molar-refractivity contribution in [3.05, 3.63) is 0 Å². The number of nitrogens with zero attached hydrogens (tertiary/aromatic N) is 3. The van der Waals surface area contributed by atoms with Crippen LogP contribution in [0.25, 0.3) is 0 Å². The van der Waals surface area contributed by atoms with Crippen molar-refractivity contribution in [2.75, 3.05) is 45.8 Å². The summed E-state index contributed by atoms with van der Waals surface area (Å²) in [5.41, 5.74) is 0. The Balaban J connectivity index is 1.08. The minimum Gasteiger partial charge on any atom is -0.353 e. The average molecular weight is 447 g/mol. The topological polar surface area (TPSA) is 97.0 Å². The molecule has 3 amide bonds. The van der Waals surface area contributed by atoms with E-state index >= 15 is 0 Å². The predicted molar refractivity (Wildman–Crippen MR) is 120 cm³/mol. The van der Waals surface area contributed by atoms with Gasteiger partial charge in [0.1, 0.15) is 0 Å². The van der Waals surface area contributed by atoms with Gasteiger partial charge >= 0.3 is 0 Å². The summed E-state index contributed by atoms with van der Waals surface area (Å²) in [4.78, 5) is 44.2. The molecule has 5 rings (SSSR count). The van der Waals surface area contributed by atoms with Gasteiger partial charge in [0.05, 0.1) is 12.2 Å². The number of hydrogen-bond donors (Lipinski definition) is 3. The fourth-order valence-electron chi connectivity index (χ4n) is 5.89. The Kier molecular flexibility index (Phi) is 6.66. The number of nitrogens with one attached hydrogen (secondary N) is 3. The van der Waals surface area contributed by atoms with Crippen molar-refractivity contribution in [1.29, 1.82) is 0 Å². The molecule has 5 fully saturated rings. The molecule has 0 aromatic carbocycles. The summed E-state index contributed by atoms with van der Waals surface area (Å²) >= 11 is 0. The molecule has 0 bridgehead atoms. The SMILES string of the molecule is O=C(NC1CC2C(=O)NCC(CCC(=O)N3CCN(C4CCCCN4)CC3)N2C1)C1CC1. The van der Waals surface area contributed by atoms with Crippen molar-refractivity contribution in [3.63, 3.8) is 0 Å². The number of piperidine rings is 1. The summed E-state index contributed by atoms with van der Waals surface area (Å²) in [6.07, 6.45) is 8.16. The average Bonchev–Trinajstić information content (AvgIpc) is 3.59.